The molecule has 0 unspecified atom stereocenters. The SMILES string of the molecule is COc1nc(N(C)C)sc1CNCCC(C)(C)C. The highest BCUT2D eigenvalue weighted by atomic mass is 32.1. The maximum absolute atomic E-state index is 5.31. The van der Waals surface area contributed by atoms with Crippen molar-refractivity contribution in [3.05, 3.63) is 4.88 Å². The van der Waals surface area contributed by atoms with E-state index in [9.17, 15) is 0 Å². The van der Waals surface area contributed by atoms with Crippen LogP contribution in [0.2, 0.25) is 0 Å². The van der Waals surface area contributed by atoms with Gasteiger partial charge in [0.15, 0.2) is 5.13 Å². The van der Waals surface area contributed by atoms with Crippen LogP contribution in [0.25, 0.3) is 0 Å². The van der Waals surface area contributed by atoms with Gasteiger partial charge in [0.05, 0.1) is 12.0 Å². The lowest BCUT2D eigenvalue weighted by molar-refractivity contribution is 0.364. The number of rotatable bonds is 6. The minimum Gasteiger partial charge on any atom is -0.480 e. The van der Waals surface area contributed by atoms with E-state index in [1.54, 1.807) is 18.4 Å². The maximum atomic E-state index is 5.31. The molecule has 0 amide bonds. The predicted octanol–water partition coefficient (Wildman–Crippen LogP) is 2.74. The molecule has 0 spiro atoms. The second kappa shape index (κ2) is 6.38. The second-order valence-corrected chi connectivity index (χ2v) is 6.87. The average Bonchev–Trinajstić information content (AvgIpc) is 2.66. The van der Waals surface area contributed by atoms with Crippen molar-refractivity contribution in [2.24, 2.45) is 5.41 Å². The number of nitrogens with zero attached hydrogens (tertiary/aromatic N) is 2. The van der Waals surface area contributed by atoms with Gasteiger partial charge in [0, 0.05) is 20.6 Å². The Balaban J connectivity index is 2.51. The molecule has 0 radical (unpaired) electrons. The van der Waals surface area contributed by atoms with Crippen LogP contribution in [-0.4, -0.2) is 32.7 Å². The van der Waals surface area contributed by atoms with E-state index >= 15 is 0 Å². The normalized spacial score (nSPS) is 11.7. The minimum absolute atomic E-state index is 0.375. The summed E-state index contributed by atoms with van der Waals surface area (Å²) in [6.07, 6.45) is 1.16. The Morgan fingerprint density at radius 3 is 2.50 bits per heavy atom. The number of nitrogens with one attached hydrogen (secondary N) is 1. The average molecular weight is 271 g/mol. The van der Waals surface area contributed by atoms with Crippen LogP contribution in [-0.2, 0) is 6.54 Å². The molecule has 4 nitrogen and oxygen atoms in total. The van der Waals surface area contributed by atoms with Gasteiger partial charge >= 0.3 is 0 Å². The molecule has 1 heterocycles. The van der Waals surface area contributed by atoms with E-state index in [0.29, 0.717) is 5.41 Å². The van der Waals surface area contributed by atoms with Crippen LogP contribution in [0.4, 0.5) is 5.13 Å². The summed E-state index contributed by atoms with van der Waals surface area (Å²) in [5.41, 5.74) is 0.375. The van der Waals surface area contributed by atoms with Crippen molar-refractivity contribution < 1.29 is 4.74 Å². The van der Waals surface area contributed by atoms with Gasteiger partial charge in [-0.2, -0.15) is 4.98 Å². The summed E-state index contributed by atoms with van der Waals surface area (Å²) in [6, 6.07) is 0. The first-order valence-electron chi connectivity index (χ1n) is 6.25. The Morgan fingerprint density at radius 1 is 1.33 bits per heavy atom. The lowest BCUT2D eigenvalue weighted by atomic mass is 9.92. The molecule has 0 bridgehead atoms. The summed E-state index contributed by atoms with van der Waals surface area (Å²) in [5, 5.41) is 4.44. The molecule has 1 aromatic rings. The van der Waals surface area contributed by atoms with Crippen LogP contribution >= 0.6 is 11.3 Å². The molecule has 0 fully saturated rings. The highest BCUT2D eigenvalue weighted by molar-refractivity contribution is 7.15. The number of hydrogen-bond acceptors (Lipinski definition) is 5. The molecule has 18 heavy (non-hydrogen) atoms. The van der Waals surface area contributed by atoms with Gasteiger partial charge in [-0.1, -0.05) is 32.1 Å². The van der Waals surface area contributed by atoms with Crippen LogP contribution in [0, 0.1) is 5.41 Å². The van der Waals surface area contributed by atoms with Gasteiger partial charge in [-0.3, -0.25) is 0 Å². The molecule has 104 valence electrons. The Hall–Kier alpha value is -0.810. The van der Waals surface area contributed by atoms with Gasteiger partial charge in [0.2, 0.25) is 5.88 Å². The van der Waals surface area contributed by atoms with Gasteiger partial charge in [0.25, 0.3) is 0 Å². The summed E-state index contributed by atoms with van der Waals surface area (Å²) in [6.45, 7) is 8.61. The standard InChI is InChI=1S/C13H25N3OS/c1-13(2,3)7-8-14-9-10-11(17-6)15-12(18-10)16(4)5/h14H,7-9H2,1-6H3. The molecule has 0 saturated carbocycles. The zero-order chi connectivity index (χ0) is 13.8. The molecule has 1 aromatic heterocycles. The van der Waals surface area contributed by atoms with Crippen molar-refractivity contribution in [2.45, 2.75) is 33.7 Å². The van der Waals surface area contributed by atoms with E-state index in [1.165, 1.54) is 0 Å². The van der Waals surface area contributed by atoms with E-state index in [1.807, 2.05) is 19.0 Å². The first-order chi connectivity index (χ1) is 8.33. The third-order valence-corrected chi connectivity index (χ3v) is 3.77. The zero-order valence-corrected chi connectivity index (χ0v) is 13.1. The van der Waals surface area contributed by atoms with Crippen molar-refractivity contribution in [3.8, 4) is 5.88 Å². The molecular weight excluding hydrogens is 246 g/mol. The summed E-state index contributed by atoms with van der Waals surface area (Å²) in [7, 11) is 5.66. The first-order valence-corrected chi connectivity index (χ1v) is 7.07. The van der Waals surface area contributed by atoms with Crippen molar-refractivity contribution in [3.63, 3.8) is 0 Å². The highest BCUT2D eigenvalue weighted by Gasteiger charge is 2.13. The van der Waals surface area contributed by atoms with Gasteiger partial charge in [-0.15, -0.1) is 0 Å². The molecule has 1 rings (SSSR count). The fraction of sp³-hybridized carbons (Fsp3) is 0.769. The number of thiazole rings is 1. The summed E-state index contributed by atoms with van der Waals surface area (Å²) < 4.78 is 5.31. The molecule has 0 aliphatic heterocycles. The molecule has 0 atom stereocenters. The zero-order valence-electron chi connectivity index (χ0n) is 12.3. The van der Waals surface area contributed by atoms with E-state index in [4.69, 9.17) is 4.74 Å². The molecule has 0 aliphatic carbocycles. The maximum Gasteiger partial charge on any atom is 0.230 e. The van der Waals surface area contributed by atoms with Crippen molar-refractivity contribution in [2.75, 3.05) is 32.6 Å². The van der Waals surface area contributed by atoms with Crippen LogP contribution in [0.3, 0.4) is 0 Å². The second-order valence-electron chi connectivity index (χ2n) is 5.81. The van der Waals surface area contributed by atoms with E-state index in [-0.39, 0.29) is 0 Å². The number of hydrogen-bond donors (Lipinski definition) is 1. The fourth-order valence-corrected chi connectivity index (χ4v) is 2.38. The third kappa shape index (κ3) is 4.82. The molecule has 1 N–H and O–H groups in total. The predicted molar refractivity (Wildman–Crippen MR) is 78.8 cm³/mol. The van der Waals surface area contributed by atoms with Gasteiger partial charge in [0.1, 0.15) is 0 Å². The smallest absolute Gasteiger partial charge is 0.230 e. The molecular formula is C13H25N3OS. The fourth-order valence-electron chi connectivity index (χ4n) is 1.45. The summed E-state index contributed by atoms with van der Waals surface area (Å²) >= 11 is 1.68. The minimum atomic E-state index is 0.375. The molecule has 0 saturated heterocycles. The summed E-state index contributed by atoms with van der Waals surface area (Å²) in [4.78, 5) is 7.61. The monoisotopic (exact) mass is 271 g/mol. The number of methoxy groups -OCH3 is 1. The van der Waals surface area contributed by atoms with Gasteiger partial charge in [-0.05, 0) is 18.4 Å². The number of ether oxygens (including phenoxy) is 1. The Kier molecular flexibility index (Phi) is 5.41. The quantitative estimate of drug-likeness (QED) is 0.807. The largest absolute Gasteiger partial charge is 0.480 e. The first kappa shape index (κ1) is 15.2. The van der Waals surface area contributed by atoms with Crippen LogP contribution in [0.1, 0.15) is 32.1 Å². The van der Waals surface area contributed by atoms with Gasteiger partial charge < -0.3 is 15.0 Å². The topological polar surface area (TPSA) is 37.4 Å². The molecule has 5 heteroatoms. The van der Waals surface area contributed by atoms with E-state index in [2.05, 4.69) is 31.1 Å². The van der Waals surface area contributed by atoms with Crippen LogP contribution in [0.5, 0.6) is 5.88 Å². The molecule has 0 aromatic carbocycles. The number of aromatic nitrogens is 1. The molecule has 0 aliphatic rings. The third-order valence-electron chi connectivity index (χ3n) is 2.56. The van der Waals surface area contributed by atoms with Crippen LogP contribution in [0.15, 0.2) is 0 Å². The van der Waals surface area contributed by atoms with Crippen molar-refractivity contribution >= 4 is 16.5 Å². The Morgan fingerprint density at radius 2 is 2.00 bits per heavy atom. The van der Waals surface area contributed by atoms with E-state index in [0.717, 1.165) is 35.4 Å². The summed E-state index contributed by atoms with van der Waals surface area (Å²) in [5.74, 6) is 0.743. The number of anilines is 1. The van der Waals surface area contributed by atoms with E-state index < -0.39 is 0 Å². The lowest BCUT2D eigenvalue weighted by Gasteiger charge is -2.17. The van der Waals surface area contributed by atoms with Crippen LogP contribution < -0.4 is 15.0 Å². The lowest BCUT2D eigenvalue weighted by Crippen LogP contribution is -2.19. The Labute approximate surface area is 114 Å². The Bertz CT molecular complexity index is 369. The van der Waals surface area contributed by atoms with Crippen molar-refractivity contribution in [1.29, 1.82) is 0 Å². The van der Waals surface area contributed by atoms with Crippen molar-refractivity contribution in [1.82, 2.24) is 10.3 Å². The highest BCUT2D eigenvalue weighted by Crippen LogP contribution is 2.30. The van der Waals surface area contributed by atoms with Gasteiger partial charge in [-0.25, -0.2) is 0 Å².